The summed E-state index contributed by atoms with van der Waals surface area (Å²) < 4.78 is 49.7. The fourth-order valence-electron chi connectivity index (χ4n) is 4.59. The molecule has 2 atom stereocenters. The molecular formula is C27H27FN4O4S. The number of para-hydroxylation sites is 1. The zero-order valence-corrected chi connectivity index (χ0v) is 21.2. The Morgan fingerprint density at radius 3 is 2.78 bits per heavy atom. The predicted octanol–water partition coefficient (Wildman–Crippen LogP) is 4.98. The number of aliphatic hydroxyl groups is 1. The Morgan fingerprint density at radius 1 is 1.16 bits per heavy atom. The van der Waals surface area contributed by atoms with Gasteiger partial charge in [0.2, 0.25) is 0 Å². The van der Waals surface area contributed by atoms with Gasteiger partial charge in [0.1, 0.15) is 16.9 Å². The molecule has 192 valence electrons. The highest BCUT2D eigenvalue weighted by atomic mass is 32.2. The Hall–Kier alpha value is -3.60. The number of fused-ring (bicyclic) bond motifs is 2. The minimum Gasteiger partial charge on any atom is -0.454 e. The van der Waals surface area contributed by atoms with Gasteiger partial charge in [0, 0.05) is 41.9 Å². The summed E-state index contributed by atoms with van der Waals surface area (Å²) in [5, 5.41) is 13.9. The first-order valence-corrected chi connectivity index (χ1v) is 13.5. The van der Waals surface area contributed by atoms with E-state index in [1.54, 1.807) is 30.6 Å². The van der Waals surface area contributed by atoms with Crippen LogP contribution in [-0.2, 0) is 16.6 Å². The van der Waals surface area contributed by atoms with Crippen molar-refractivity contribution >= 4 is 26.6 Å². The number of halogens is 1. The van der Waals surface area contributed by atoms with Crippen LogP contribution in [0.15, 0.2) is 65.8 Å². The second kappa shape index (κ2) is 10.0. The number of aromatic nitrogens is 2. The maximum atomic E-state index is 15.1. The molecule has 8 nitrogen and oxygen atoms in total. The molecule has 2 unspecified atom stereocenters. The summed E-state index contributed by atoms with van der Waals surface area (Å²) in [5.74, 6) is -0.324. The number of benzene rings is 2. The van der Waals surface area contributed by atoms with Crippen LogP contribution in [0.4, 0.5) is 10.1 Å². The van der Waals surface area contributed by atoms with Crippen LogP contribution in [0.3, 0.4) is 0 Å². The van der Waals surface area contributed by atoms with Crippen molar-refractivity contribution in [3.8, 4) is 11.5 Å². The lowest BCUT2D eigenvalue weighted by molar-refractivity contribution is 0.121. The fraction of sp³-hybridized carbons (Fsp3) is 0.259. The number of aliphatic hydroxyl groups excluding tert-OH is 1. The van der Waals surface area contributed by atoms with Crippen LogP contribution in [0.25, 0.3) is 10.9 Å². The number of hydrogen-bond donors (Lipinski definition) is 3. The molecule has 0 saturated heterocycles. The second-order valence-electron chi connectivity index (χ2n) is 9.10. The molecule has 4 aromatic rings. The van der Waals surface area contributed by atoms with Gasteiger partial charge >= 0.3 is 0 Å². The molecule has 2 aromatic carbocycles. The van der Waals surface area contributed by atoms with E-state index in [1.807, 2.05) is 19.9 Å². The van der Waals surface area contributed by atoms with Gasteiger partial charge in [-0.3, -0.25) is 20.0 Å². The van der Waals surface area contributed by atoms with E-state index in [9.17, 15) is 13.5 Å². The molecule has 0 spiro atoms. The second-order valence-corrected chi connectivity index (χ2v) is 10.8. The molecule has 0 amide bonds. The van der Waals surface area contributed by atoms with Crippen molar-refractivity contribution in [2.24, 2.45) is 0 Å². The largest absolute Gasteiger partial charge is 0.454 e. The Balaban J connectivity index is 1.41. The summed E-state index contributed by atoms with van der Waals surface area (Å²) in [6.07, 6.45) is 3.85. The van der Waals surface area contributed by atoms with Crippen LogP contribution in [0.2, 0.25) is 0 Å². The van der Waals surface area contributed by atoms with Crippen molar-refractivity contribution in [2.75, 3.05) is 4.72 Å². The van der Waals surface area contributed by atoms with E-state index in [-0.39, 0.29) is 22.3 Å². The summed E-state index contributed by atoms with van der Waals surface area (Å²) >= 11 is 0. The number of hydrogen-bond acceptors (Lipinski definition) is 7. The Labute approximate surface area is 214 Å². The van der Waals surface area contributed by atoms with Crippen LogP contribution in [0, 0.1) is 12.7 Å². The maximum Gasteiger partial charge on any atom is 0.264 e. The molecule has 37 heavy (non-hydrogen) atoms. The molecule has 2 aromatic heterocycles. The van der Waals surface area contributed by atoms with Crippen molar-refractivity contribution in [2.45, 2.75) is 50.3 Å². The highest BCUT2D eigenvalue weighted by Crippen LogP contribution is 2.36. The van der Waals surface area contributed by atoms with Crippen molar-refractivity contribution in [3.05, 3.63) is 83.6 Å². The summed E-state index contributed by atoms with van der Waals surface area (Å²) in [4.78, 5) is 8.78. The minimum atomic E-state index is -4.03. The van der Waals surface area contributed by atoms with Crippen LogP contribution < -0.4 is 14.8 Å². The molecule has 3 heterocycles. The number of sulfonamides is 1. The molecule has 10 heteroatoms. The Bertz CT molecular complexity index is 1580. The van der Waals surface area contributed by atoms with E-state index in [1.165, 1.54) is 18.2 Å². The van der Waals surface area contributed by atoms with E-state index in [0.717, 1.165) is 29.3 Å². The fourth-order valence-corrected chi connectivity index (χ4v) is 5.82. The van der Waals surface area contributed by atoms with Gasteiger partial charge in [0.05, 0.1) is 16.9 Å². The molecule has 1 aliphatic rings. The van der Waals surface area contributed by atoms with E-state index in [0.29, 0.717) is 29.6 Å². The minimum absolute atomic E-state index is 0.00498. The molecule has 0 fully saturated rings. The summed E-state index contributed by atoms with van der Waals surface area (Å²) in [6, 6.07) is 12.3. The molecule has 3 N–H and O–H groups in total. The highest BCUT2D eigenvalue weighted by molar-refractivity contribution is 7.93. The highest BCUT2D eigenvalue weighted by Gasteiger charge is 2.26. The first kappa shape index (κ1) is 25.1. The van der Waals surface area contributed by atoms with Gasteiger partial charge in [-0.05, 0) is 55.7 Å². The average molecular weight is 523 g/mol. The number of pyridine rings is 2. The van der Waals surface area contributed by atoms with E-state index < -0.39 is 22.1 Å². The lowest BCUT2D eigenvalue weighted by Gasteiger charge is -2.17. The Morgan fingerprint density at radius 2 is 2.00 bits per heavy atom. The topological polar surface area (TPSA) is 113 Å². The van der Waals surface area contributed by atoms with Crippen LogP contribution in [0.1, 0.15) is 42.5 Å². The van der Waals surface area contributed by atoms with Crippen LogP contribution >= 0.6 is 0 Å². The van der Waals surface area contributed by atoms with Gasteiger partial charge in [0.25, 0.3) is 10.0 Å². The first-order chi connectivity index (χ1) is 17.7. The number of rotatable bonds is 6. The van der Waals surface area contributed by atoms with Crippen molar-refractivity contribution in [1.29, 1.82) is 0 Å². The third kappa shape index (κ3) is 5.13. The van der Waals surface area contributed by atoms with Gasteiger partial charge in [-0.1, -0.05) is 19.1 Å². The van der Waals surface area contributed by atoms with Crippen molar-refractivity contribution in [1.82, 2.24) is 15.3 Å². The number of anilines is 1. The summed E-state index contributed by atoms with van der Waals surface area (Å²) in [6.45, 7) is 4.23. The van der Waals surface area contributed by atoms with E-state index >= 15 is 4.39 Å². The lowest BCUT2D eigenvalue weighted by Crippen LogP contribution is -2.27. The van der Waals surface area contributed by atoms with Gasteiger partial charge in [0.15, 0.2) is 11.6 Å². The number of ether oxygens (including phenoxy) is 1. The monoisotopic (exact) mass is 522 g/mol. The molecule has 0 radical (unpaired) electrons. The average Bonchev–Trinajstić information content (AvgIpc) is 3.03. The quantitative estimate of drug-likeness (QED) is 0.327. The normalized spacial score (nSPS) is 17.7. The van der Waals surface area contributed by atoms with Crippen molar-refractivity contribution in [3.63, 3.8) is 0 Å². The van der Waals surface area contributed by atoms with E-state index in [2.05, 4.69) is 20.0 Å². The maximum absolute atomic E-state index is 15.1. The Kier molecular flexibility index (Phi) is 6.80. The van der Waals surface area contributed by atoms with Crippen LogP contribution in [-0.4, -0.2) is 29.7 Å². The summed E-state index contributed by atoms with van der Waals surface area (Å²) in [5.41, 5.74) is 2.87. The lowest BCUT2D eigenvalue weighted by atomic mass is 9.94. The third-order valence-electron chi connectivity index (χ3n) is 6.45. The molecule has 0 bridgehead atoms. The van der Waals surface area contributed by atoms with Crippen LogP contribution in [0.5, 0.6) is 11.5 Å². The molecular weight excluding hydrogens is 495 g/mol. The molecule has 5 rings (SSSR count). The molecule has 0 aliphatic carbocycles. The summed E-state index contributed by atoms with van der Waals surface area (Å²) in [7, 11) is -4.03. The van der Waals surface area contributed by atoms with E-state index in [4.69, 9.17) is 4.74 Å². The van der Waals surface area contributed by atoms with Gasteiger partial charge in [-0.25, -0.2) is 12.8 Å². The smallest absolute Gasteiger partial charge is 0.264 e. The third-order valence-corrected chi connectivity index (χ3v) is 7.86. The van der Waals surface area contributed by atoms with Gasteiger partial charge in [-0.15, -0.1) is 0 Å². The predicted molar refractivity (Wildman–Crippen MR) is 138 cm³/mol. The number of nitrogens with one attached hydrogen (secondary N) is 2. The zero-order chi connectivity index (χ0) is 26.2. The van der Waals surface area contributed by atoms with Gasteiger partial charge < -0.3 is 9.84 Å². The van der Waals surface area contributed by atoms with Crippen molar-refractivity contribution < 1.29 is 22.7 Å². The number of aryl methyl sites for hydroxylation is 1. The standard InChI is InChI=1S/C27H27FN4O4S/c1-3-17-12-25(33)30-15-20-22(9-10-29-26(17)20)36-23-8-7-19(13-21(23)28)32-37(34,35)24-6-4-5-18-11-16(2)14-31-27(18)24/h4-11,13-14,17,25,30,32-33H,3,12,15H2,1-2H3. The SMILES string of the molecule is CCC1CC(O)NCc2c(Oc3ccc(NS(=O)(=O)c4cccc5cc(C)cnc45)cc3F)ccnc21. The zero-order valence-electron chi connectivity index (χ0n) is 20.4. The number of nitrogens with zero attached hydrogens (tertiary/aromatic N) is 2. The first-order valence-electron chi connectivity index (χ1n) is 12.0. The molecule has 1 aliphatic heterocycles. The molecule has 0 saturated carbocycles. The van der Waals surface area contributed by atoms with Gasteiger partial charge in [-0.2, -0.15) is 0 Å².